The summed E-state index contributed by atoms with van der Waals surface area (Å²) >= 11 is 0. The number of hydrogen-bond donors (Lipinski definition) is 0. The standard InChI is InChI=1S/C9H18.C8H16O.C8H14O.B/c1-8(2)9-6-4-3-5-7-9;2*1-7(2)8-3-5-9-6-4-8;/h8-9H,3-7H2,1-2H3;7-8H,3-6H2,1-2H3;3,7H,4-6H2,1-2H3;. The second-order valence-electron chi connectivity index (χ2n) is 9.59. The molecule has 2 aliphatic heterocycles. The second-order valence-corrected chi connectivity index (χ2v) is 9.59. The molecule has 0 aromatic carbocycles. The number of hydrogen-bond acceptors (Lipinski definition) is 2. The van der Waals surface area contributed by atoms with Crippen molar-refractivity contribution in [3.8, 4) is 0 Å². The van der Waals surface area contributed by atoms with Crippen LogP contribution in [0.2, 0.25) is 0 Å². The van der Waals surface area contributed by atoms with Crippen molar-refractivity contribution in [2.24, 2.45) is 29.6 Å². The van der Waals surface area contributed by atoms with Gasteiger partial charge in [0.05, 0.1) is 13.2 Å². The van der Waals surface area contributed by atoms with E-state index in [2.05, 4.69) is 47.6 Å². The van der Waals surface area contributed by atoms with Crippen LogP contribution < -0.4 is 0 Å². The highest BCUT2D eigenvalue weighted by Gasteiger charge is 2.16. The predicted octanol–water partition coefficient (Wildman–Crippen LogP) is 6.90. The zero-order valence-corrected chi connectivity index (χ0v) is 19.8. The molecule has 0 bridgehead atoms. The van der Waals surface area contributed by atoms with Crippen LogP contribution in [0.3, 0.4) is 0 Å². The molecule has 3 heteroatoms. The Morgan fingerprint density at radius 1 is 0.714 bits per heavy atom. The summed E-state index contributed by atoms with van der Waals surface area (Å²) in [5.41, 5.74) is 1.56. The van der Waals surface area contributed by atoms with Gasteiger partial charge in [-0.15, -0.1) is 0 Å². The van der Waals surface area contributed by atoms with E-state index < -0.39 is 0 Å². The summed E-state index contributed by atoms with van der Waals surface area (Å²) in [5, 5.41) is 0. The average Bonchev–Trinajstić information content (AvgIpc) is 2.71. The molecule has 1 aliphatic carbocycles. The molecule has 1 saturated carbocycles. The van der Waals surface area contributed by atoms with Crippen molar-refractivity contribution >= 4 is 8.41 Å². The van der Waals surface area contributed by atoms with Gasteiger partial charge >= 0.3 is 0 Å². The molecular formula is C25H48BO2. The van der Waals surface area contributed by atoms with E-state index in [1.165, 1.54) is 44.9 Å². The Morgan fingerprint density at radius 2 is 1.25 bits per heavy atom. The van der Waals surface area contributed by atoms with E-state index >= 15 is 0 Å². The van der Waals surface area contributed by atoms with Crippen LogP contribution in [-0.2, 0) is 9.47 Å². The highest BCUT2D eigenvalue weighted by Crippen LogP contribution is 2.29. The minimum absolute atomic E-state index is 0. The lowest BCUT2D eigenvalue weighted by Crippen LogP contribution is -2.19. The van der Waals surface area contributed by atoms with Crippen molar-refractivity contribution in [1.82, 2.24) is 0 Å². The molecule has 28 heavy (non-hydrogen) atoms. The summed E-state index contributed by atoms with van der Waals surface area (Å²) in [5.74, 6) is 4.49. The van der Waals surface area contributed by atoms with E-state index in [0.717, 1.165) is 56.5 Å². The first-order chi connectivity index (χ1) is 12.9. The Hall–Kier alpha value is -0.275. The largest absolute Gasteiger partial charge is 0.381 e. The van der Waals surface area contributed by atoms with Crippen LogP contribution in [0, 0.1) is 29.6 Å². The lowest BCUT2D eigenvalue weighted by molar-refractivity contribution is 0.0523. The third kappa shape index (κ3) is 12.3. The third-order valence-electron chi connectivity index (χ3n) is 6.54. The molecule has 0 aromatic heterocycles. The minimum atomic E-state index is 0. The third-order valence-corrected chi connectivity index (χ3v) is 6.54. The fourth-order valence-electron chi connectivity index (χ4n) is 4.25. The lowest BCUT2D eigenvalue weighted by atomic mass is 9.82. The molecule has 2 heterocycles. The van der Waals surface area contributed by atoms with Crippen LogP contribution in [0.5, 0.6) is 0 Å². The van der Waals surface area contributed by atoms with E-state index in [1.807, 2.05) is 0 Å². The molecule has 2 nitrogen and oxygen atoms in total. The summed E-state index contributed by atoms with van der Waals surface area (Å²) in [6.45, 7) is 17.5. The minimum Gasteiger partial charge on any atom is -0.381 e. The molecule has 0 atom stereocenters. The molecule has 0 unspecified atom stereocenters. The van der Waals surface area contributed by atoms with Gasteiger partial charge in [-0.1, -0.05) is 85.3 Å². The van der Waals surface area contributed by atoms with Gasteiger partial charge in [0, 0.05) is 21.6 Å². The number of ether oxygens (including phenoxy) is 2. The van der Waals surface area contributed by atoms with Crippen LogP contribution >= 0.6 is 0 Å². The maximum atomic E-state index is 5.25. The Balaban J connectivity index is 0.000000384. The van der Waals surface area contributed by atoms with Crippen molar-refractivity contribution in [3.05, 3.63) is 11.6 Å². The van der Waals surface area contributed by atoms with Gasteiger partial charge in [0.1, 0.15) is 0 Å². The summed E-state index contributed by atoms with van der Waals surface area (Å²) in [6, 6.07) is 0. The van der Waals surface area contributed by atoms with Crippen molar-refractivity contribution < 1.29 is 9.47 Å². The first-order valence-electron chi connectivity index (χ1n) is 11.8. The second kappa shape index (κ2) is 16.5. The molecule has 2 fully saturated rings. The average molecular weight is 391 g/mol. The molecule has 3 rings (SSSR count). The van der Waals surface area contributed by atoms with Crippen molar-refractivity contribution in [2.45, 2.75) is 92.9 Å². The quantitative estimate of drug-likeness (QED) is 0.385. The SMILES string of the molecule is CC(C)C1=CCOCC1.CC(C)C1CCCCC1.CC(C)C1CCOCC1.[B]. The van der Waals surface area contributed by atoms with Crippen molar-refractivity contribution in [1.29, 1.82) is 0 Å². The molecule has 0 spiro atoms. The summed E-state index contributed by atoms with van der Waals surface area (Å²) in [7, 11) is 0. The van der Waals surface area contributed by atoms with Crippen molar-refractivity contribution in [3.63, 3.8) is 0 Å². The van der Waals surface area contributed by atoms with Crippen LogP contribution in [0.4, 0.5) is 0 Å². The summed E-state index contributed by atoms with van der Waals surface area (Å²) in [6.07, 6.45) is 13.4. The number of rotatable bonds is 3. The molecule has 1 saturated heterocycles. The van der Waals surface area contributed by atoms with Crippen LogP contribution in [0.25, 0.3) is 0 Å². The van der Waals surface area contributed by atoms with Gasteiger partial charge in [0.25, 0.3) is 0 Å². The predicted molar refractivity (Wildman–Crippen MR) is 124 cm³/mol. The van der Waals surface area contributed by atoms with E-state index in [9.17, 15) is 0 Å². The van der Waals surface area contributed by atoms with Gasteiger partial charge in [-0.25, -0.2) is 0 Å². The zero-order chi connectivity index (χ0) is 20.1. The van der Waals surface area contributed by atoms with E-state index in [0.29, 0.717) is 5.92 Å². The van der Waals surface area contributed by atoms with Crippen LogP contribution in [0.15, 0.2) is 11.6 Å². The Kier molecular flexibility index (Phi) is 16.4. The molecule has 3 radical (unpaired) electrons. The zero-order valence-electron chi connectivity index (χ0n) is 19.8. The Morgan fingerprint density at radius 3 is 1.57 bits per heavy atom. The maximum absolute atomic E-state index is 5.25. The van der Waals surface area contributed by atoms with Crippen LogP contribution in [-0.4, -0.2) is 34.8 Å². The highest BCUT2D eigenvalue weighted by atomic mass is 16.5. The van der Waals surface area contributed by atoms with Gasteiger partial charge in [0.15, 0.2) is 0 Å². The van der Waals surface area contributed by atoms with E-state index in [-0.39, 0.29) is 8.41 Å². The van der Waals surface area contributed by atoms with Gasteiger partial charge in [-0.2, -0.15) is 0 Å². The monoisotopic (exact) mass is 391 g/mol. The van der Waals surface area contributed by atoms with Gasteiger partial charge < -0.3 is 9.47 Å². The molecule has 0 N–H and O–H groups in total. The van der Waals surface area contributed by atoms with Gasteiger partial charge in [-0.3, -0.25) is 0 Å². The lowest BCUT2D eigenvalue weighted by Gasteiger charge is -2.24. The topological polar surface area (TPSA) is 18.5 Å². The molecular weight excluding hydrogens is 343 g/mol. The van der Waals surface area contributed by atoms with Crippen molar-refractivity contribution in [2.75, 3.05) is 26.4 Å². The Labute approximate surface area is 178 Å². The molecule has 163 valence electrons. The summed E-state index contributed by atoms with van der Waals surface area (Å²) < 4.78 is 10.4. The fourth-order valence-corrected chi connectivity index (χ4v) is 4.25. The molecule has 0 amide bonds. The Bertz CT molecular complexity index is 356. The molecule has 3 aliphatic rings. The smallest absolute Gasteiger partial charge is 0.0650 e. The summed E-state index contributed by atoms with van der Waals surface area (Å²) in [4.78, 5) is 0. The van der Waals surface area contributed by atoms with E-state index in [4.69, 9.17) is 9.47 Å². The fraction of sp³-hybridized carbons (Fsp3) is 0.920. The maximum Gasteiger partial charge on any atom is 0.0650 e. The molecule has 0 aromatic rings. The first kappa shape index (κ1) is 27.7. The van der Waals surface area contributed by atoms with E-state index in [1.54, 1.807) is 5.57 Å². The normalized spacial score (nSPS) is 21.2. The highest BCUT2D eigenvalue weighted by molar-refractivity contribution is 5.75. The van der Waals surface area contributed by atoms with Gasteiger partial charge in [-0.05, 0) is 48.9 Å². The van der Waals surface area contributed by atoms with Gasteiger partial charge in [0.2, 0.25) is 0 Å². The van der Waals surface area contributed by atoms with Crippen LogP contribution in [0.1, 0.15) is 92.9 Å². The first-order valence-corrected chi connectivity index (χ1v) is 11.8.